The average molecular weight is 418 g/mol. The molecule has 0 spiro atoms. The molecule has 4 rings (SSSR count). The van der Waals surface area contributed by atoms with E-state index in [4.69, 9.17) is 0 Å². The number of nitrogens with one attached hydrogen (secondary N) is 2. The minimum Gasteiger partial charge on any atom is -0.326 e. The molecular weight excluding hydrogens is 398 g/mol. The summed E-state index contributed by atoms with van der Waals surface area (Å²) >= 11 is 1.41. The van der Waals surface area contributed by atoms with Crippen molar-refractivity contribution in [1.29, 1.82) is 0 Å². The standard InChI is InChI=1S/C19H19N3O4S2/c23-18-9-6-13-10-15(7-8-16(13)21-18)28(25,26)22-12-27-11-17(22)19(24)20-14-4-2-1-3-5-14/h1-5,7-8,10,17H,6,9,11-12H2,(H,20,24)(H,21,23). The lowest BCUT2D eigenvalue weighted by atomic mass is 10.0. The molecule has 9 heteroatoms. The van der Waals surface area contributed by atoms with Crippen molar-refractivity contribution in [2.75, 3.05) is 22.3 Å². The predicted molar refractivity (Wildman–Crippen MR) is 109 cm³/mol. The topological polar surface area (TPSA) is 95.6 Å². The van der Waals surface area contributed by atoms with Gasteiger partial charge in [-0.25, -0.2) is 8.42 Å². The molecule has 28 heavy (non-hydrogen) atoms. The van der Waals surface area contributed by atoms with Crippen molar-refractivity contribution in [3.05, 3.63) is 54.1 Å². The fraction of sp³-hybridized carbons (Fsp3) is 0.263. The van der Waals surface area contributed by atoms with Gasteiger partial charge in [-0.1, -0.05) is 18.2 Å². The van der Waals surface area contributed by atoms with Crippen LogP contribution in [0, 0.1) is 0 Å². The average Bonchev–Trinajstić information content (AvgIpc) is 3.19. The van der Waals surface area contributed by atoms with E-state index in [0.29, 0.717) is 30.0 Å². The fourth-order valence-electron chi connectivity index (χ4n) is 3.27. The van der Waals surface area contributed by atoms with Crippen molar-refractivity contribution in [2.45, 2.75) is 23.8 Å². The van der Waals surface area contributed by atoms with Crippen LogP contribution in [0.3, 0.4) is 0 Å². The number of carbonyl (C=O) groups excluding carboxylic acids is 2. The summed E-state index contributed by atoms with van der Waals surface area (Å²) in [4.78, 5) is 24.3. The smallest absolute Gasteiger partial charge is 0.244 e. The molecular formula is C19H19N3O4S2. The molecule has 2 amide bonds. The summed E-state index contributed by atoms with van der Waals surface area (Å²) in [6, 6.07) is 12.9. The molecule has 2 aliphatic rings. The Bertz CT molecular complexity index is 1020. The quantitative estimate of drug-likeness (QED) is 0.796. The molecule has 1 fully saturated rings. The van der Waals surface area contributed by atoms with Crippen LogP contribution in [0.2, 0.25) is 0 Å². The summed E-state index contributed by atoms with van der Waals surface area (Å²) in [6.07, 6.45) is 0.829. The number of benzene rings is 2. The third-order valence-electron chi connectivity index (χ3n) is 4.76. The lowest BCUT2D eigenvalue weighted by Crippen LogP contribution is -2.44. The van der Waals surface area contributed by atoms with E-state index in [1.54, 1.807) is 36.4 Å². The van der Waals surface area contributed by atoms with Gasteiger partial charge in [-0.2, -0.15) is 4.31 Å². The summed E-state index contributed by atoms with van der Waals surface area (Å²) in [5.74, 6) is 0.212. The van der Waals surface area contributed by atoms with Crippen LogP contribution in [0.5, 0.6) is 0 Å². The van der Waals surface area contributed by atoms with Crippen LogP contribution >= 0.6 is 11.8 Å². The number of rotatable bonds is 4. The van der Waals surface area contributed by atoms with E-state index < -0.39 is 16.1 Å². The van der Waals surface area contributed by atoms with Crippen molar-refractivity contribution in [2.24, 2.45) is 0 Å². The Balaban J connectivity index is 1.58. The molecule has 0 aromatic heterocycles. The SMILES string of the molecule is O=C1CCc2cc(S(=O)(=O)N3CSCC3C(=O)Nc3ccccc3)ccc2N1. The largest absolute Gasteiger partial charge is 0.326 e. The van der Waals surface area contributed by atoms with Gasteiger partial charge in [0.2, 0.25) is 21.8 Å². The van der Waals surface area contributed by atoms with E-state index in [9.17, 15) is 18.0 Å². The zero-order valence-corrected chi connectivity index (χ0v) is 16.6. The van der Waals surface area contributed by atoms with Gasteiger partial charge in [-0.05, 0) is 42.3 Å². The summed E-state index contributed by atoms with van der Waals surface area (Å²) in [5.41, 5.74) is 2.06. The van der Waals surface area contributed by atoms with Gasteiger partial charge < -0.3 is 10.6 Å². The number of sulfonamides is 1. The van der Waals surface area contributed by atoms with Gasteiger partial charge in [0, 0.05) is 23.5 Å². The number of nitrogens with zero attached hydrogens (tertiary/aromatic N) is 1. The molecule has 146 valence electrons. The van der Waals surface area contributed by atoms with Crippen LogP contribution in [0.25, 0.3) is 0 Å². The fourth-order valence-corrected chi connectivity index (χ4v) is 6.47. The number of carbonyl (C=O) groups is 2. The first kappa shape index (κ1) is 19.0. The first-order valence-corrected chi connectivity index (χ1v) is 11.4. The van der Waals surface area contributed by atoms with Crippen LogP contribution in [0.1, 0.15) is 12.0 Å². The second kappa shape index (κ2) is 7.57. The number of anilines is 2. The van der Waals surface area contributed by atoms with E-state index in [1.165, 1.54) is 22.1 Å². The zero-order chi connectivity index (χ0) is 19.7. The number of fused-ring (bicyclic) bond motifs is 1. The van der Waals surface area contributed by atoms with Crippen molar-refractivity contribution in [1.82, 2.24) is 4.31 Å². The highest BCUT2D eigenvalue weighted by Crippen LogP contribution is 2.32. The van der Waals surface area contributed by atoms with Gasteiger partial charge in [-0.3, -0.25) is 9.59 Å². The summed E-state index contributed by atoms with van der Waals surface area (Å²) in [7, 11) is -3.83. The van der Waals surface area contributed by atoms with Crippen LogP contribution in [0.15, 0.2) is 53.4 Å². The third-order valence-corrected chi connectivity index (χ3v) is 7.79. The Morgan fingerprint density at radius 1 is 1.14 bits per heavy atom. The minimum absolute atomic E-state index is 0.0725. The van der Waals surface area contributed by atoms with Crippen LogP contribution in [0.4, 0.5) is 11.4 Å². The molecule has 2 heterocycles. The van der Waals surface area contributed by atoms with Crippen molar-refractivity contribution < 1.29 is 18.0 Å². The monoisotopic (exact) mass is 417 g/mol. The molecule has 0 aliphatic carbocycles. The molecule has 1 saturated heterocycles. The van der Waals surface area contributed by atoms with Crippen LogP contribution in [-0.2, 0) is 26.0 Å². The number of aryl methyl sites for hydroxylation is 1. The van der Waals surface area contributed by atoms with Gasteiger partial charge in [0.1, 0.15) is 6.04 Å². The predicted octanol–water partition coefficient (Wildman–Crippen LogP) is 2.27. The number of amides is 2. The second-order valence-corrected chi connectivity index (χ2v) is 9.52. The molecule has 1 atom stereocenters. The second-order valence-electron chi connectivity index (χ2n) is 6.63. The molecule has 0 radical (unpaired) electrons. The highest BCUT2D eigenvalue weighted by molar-refractivity contribution is 8.00. The van der Waals surface area contributed by atoms with E-state index >= 15 is 0 Å². The van der Waals surface area contributed by atoms with E-state index in [1.807, 2.05) is 6.07 Å². The van der Waals surface area contributed by atoms with Crippen molar-refractivity contribution in [3.8, 4) is 0 Å². The maximum absolute atomic E-state index is 13.2. The van der Waals surface area contributed by atoms with Gasteiger partial charge in [0.05, 0.1) is 10.8 Å². The lowest BCUT2D eigenvalue weighted by Gasteiger charge is -2.24. The van der Waals surface area contributed by atoms with Crippen molar-refractivity contribution in [3.63, 3.8) is 0 Å². The van der Waals surface area contributed by atoms with E-state index in [-0.39, 0.29) is 22.6 Å². The number of hydrogen-bond donors (Lipinski definition) is 2. The Hall–Kier alpha value is -2.36. The minimum atomic E-state index is -3.83. The molecule has 2 aromatic rings. The number of thioether (sulfide) groups is 1. The Kier molecular flexibility index (Phi) is 5.13. The maximum atomic E-state index is 13.2. The normalized spacial score (nSPS) is 19.7. The zero-order valence-electron chi connectivity index (χ0n) is 14.9. The number of hydrogen-bond acceptors (Lipinski definition) is 5. The van der Waals surface area contributed by atoms with E-state index in [2.05, 4.69) is 10.6 Å². The van der Waals surface area contributed by atoms with Gasteiger partial charge in [0.15, 0.2) is 0 Å². The summed E-state index contributed by atoms with van der Waals surface area (Å²) in [6.45, 7) is 0. The summed E-state index contributed by atoms with van der Waals surface area (Å²) < 4.78 is 27.6. The van der Waals surface area contributed by atoms with Gasteiger partial charge in [0.25, 0.3) is 0 Å². The first-order chi connectivity index (χ1) is 13.4. The Morgan fingerprint density at radius 3 is 2.71 bits per heavy atom. The van der Waals surface area contributed by atoms with Gasteiger partial charge in [-0.15, -0.1) is 11.8 Å². The molecule has 2 aromatic carbocycles. The molecule has 7 nitrogen and oxygen atoms in total. The Morgan fingerprint density at radius 2 is 1.93 bits per heavy atom. The van der Waals surface area contributed by atoms with Crippen LogP contribution < -0.4 is 10.6 Å². The highest BCUT2D eigenvalue weighted by atomic mass is 32.2. The van der Waals surface area contributed by atoms with Gasteiger partial charge >= 0.3 is 0 Å². The first-order valence-electron chi connectivity index (χ1n) is 8.83. The third kappa shape index (κ3) is 3.65. The highest BCUT2D eigenvalue weighted by Gasteiger charge is 2.40. The molecule has 0 bridgehead atoms. The summed E-state index contributed by atoms with van der Waals surface area (Å²) in [5, 5.41) is 5.53. The van der Waals surface area contributed by atoms with Crippen molar-refractivity contribution >= 4 is 45.0 Å². The Labute approximate surface area is 167 Å². The molecule has 2 aliphatic heterocycles. The van der Waals surface area contributed by atoms with Crippen LogP contribution in [-0.4, -0.2) is 42.2 Å². The maximum Gasteiger partial charge on any atom is 0.244 e. The lowest BCUT2D eigenvalue weighted by molar-refractivity contribution is -0.119. The molecule has 2 N–H and O–H groups in total. The number of para-hydroxylation sites is 1. The molecule has 0 saturated carbocycles. The molecule has 1 unspecified atom stereocenters. The van der Waals surface area contributed by atoms with E-state index in [0.717, 1.165) is 5.56 Å².